The molecule has 2 aliphatic rings. The minimum atomic E-state index is -0.244. The number of carbonyl (C=O) groups is 1. The number of rotatable bonds is 2. The zero-order valence-electron chi connectivity index (χ0n) is 11.0. The van der Waals surface area contributed by atoms with E-state index in [-0.39, 0.29) is 24.1 Å². The average molecular weight is 261 g/mol. The minimum Gasteiger partial charge on any atom is -0.393 e. The van der Waals surface area contributed by atoms with Crippen LogP contribution in [0.5, 0.6) is 0 Å². The zero-order valence-corrected chi connectivity index (χ0v) is 11.0. The largest absolute Gasteiger partial charge is 0.393 e. The molecule has 5 heteroatoms. The van der Waals surface area contributed by atoms with Gasteiger partial charge in [-0.3, -0.25) is 4.79 Å². The molecule has 0 aromatic carbocycles. The van der Waals surface area contributed by atoms with Crippen LogP contribution in [-0.2, 0) is 0 Å². The summed E-state index contributed by atoms with van der Waals surface area (Å²) in [6.45, 7) is 0. The van der Waals surface area contributed by atoms with Crippen LogP contribution in [0.25, 0.3) is 0 Å². The Labute approximate surface area is 112 Å². The fraction of sp³-hybridized carbons (Fsp3) is 0.571. The van der Waals surface area contributed by atoms with Crippen LogP contribution >= 0.6 is 0 Å². The van der Waals surface area contributed by atoms with Gasteiger partial charge in [0.05, 0.1) is 6.10 Å². The highest BCUT2D eigenvalue weighted by Gasteiger charge is 2.42. The third-order valence-electron chi connectivity index (χ3n) is 4.21. The van der Waals surface area contributed by atoms with Gasteiger partial charge in [0.2, 0.25) is 0 Å². The van der Waals surface area contributed by atoms with Crippen LogP contribution in [0.4, 0.5) is 5.82 Å². The smallest absolute Gasteiger partial charge is 0.254 e. The van der Waals surface area contributed by atoms with E-state index < -0.39 is 0 Å². The normalized spacial score (nSPS) is 29.4. The Morgan fingerprint density at radius 3 is 2.74 bits per heavy atom. The SMILES string of the molecule is CNc1cc(C(=O)N2C3CCC2CC(O)C3)ccn1. The molecule has 102 valence electrons. The number of aliphatic hydroxyl groups excluding tert-OH is 1. The Bertz CT molecular complexity index is 477. The first-order valence-electron chi connectivity index (χ1n) is 6.83. The summed E-state index contributed by atoms with van der Waals surface area (Å²) < 4.78 is 0. The van der Waals surface area contributed by atoms with E-state index >= 15 is 0 Å². The second kappa shape index (κ2) is 4.81. The quantitative estimate of drug-likeness (QED) is 0.841. The molecule has 1 aromatic rings. The van der Waals surface area contributed by atoms with Crippen LogP contribution < -0.4 is 5.32 Å². The van der Waals surface area contributed by atoms with Crippen LogP contribution in [0.1, 0.15) is 36.0 Å². The molecule has 2 aliphatic heterocycles. The molecule has 2 N–H and O–H groups in total. The van der Waals surface area contributed by atoms with E-state index in [1.807, 2.05) is 4.90 Å². The molecule has 2 saturated heterocycles. The number of hydrogen-bond donors (Lipinski definition) is 2. The molecular weight excluding hydrogens is 242 g/mol. The van der Waals surface area contributed by atoms with Crippen molar-refractivity contribution in [2.45, 2.75) is 43.9 Å². The lowest BCUT2D eigenvalue weighted by atomic mass is 9.99. The second-order valence-corrected chi connectivity index (χ2v) is 5.40. The number of carbonyl (C=O) groups excluding carboxylic acids is 1. The molecule has 3 heterocycles. The van der Waals surface area contributed by atoms with Gasteiger partial charge in [0, 0.05) is 30.9 Å². The van der Waals surface area contributed by atoms with E-state index in [1.54, 1.807) is 25.4 Å². The number of nitrogens with one attached hydrogen (secondary N) is 1. The molecule has 0 spiro atoms. The lowest BCUT2D eigenvalue weighted by Crippen LogP contribution is -2.48. The molecule has 3 rings (SSSR count). The standard InChI is InChI=1S/C14H19N3O2/c1-15-13-6-9(4-5-16-13)14(19)17-10-2-3-11(17)8-12(18)7-10/h4-6,10-12,18H,2-3,7-8H2,1H3,(H,15,16). The summed E-state index contributed by atoms with van der Waals surface area (Å²) in [5, 5.41) is 12.7. The Morgan fingerprint density at radius 1 is 1.42 bits per heavy atom. The van der Waals surface area contributed by atoms with Gasteiger partial charge in [-0.1, -0.05) is 0 Å². The molecule has 0 radical (unpaired) electrons. The van der Waals surface area contributed by atoms with Crippen LogP contribution in [-0.4, -0.2) is 46.1 Å². The van der Waals surface area contributed by atoms with Gasteiger partial charge in [-0.2, -0.15) is 0 Å². The monoisotopic (exact) mass is 261 g/mol. The summed E-state index contributed by atoms with van der Waals surface area (Å²) in [5.74, 6) is 0.772. The van der Waals surface area contributed by atoms with Gasteiger partial charge < -0.3 is 15.3 Å². The molecule has 5 nitrogen and oxygen atoms in total. The van der Waals surface area contributed by atoms with Crippen molar-refractivity contribution >= 4 is 11.7 Å². The highest BCUT2D eigenvalue weighted by atomic mass is 16.3. The summed E-state index contributed by atoms with van der Waals surface area (Å²) in [6, 6.07) is 3.94. The van der Waals surface area contributed by atoms with Crippen molar-refractivity contribution in [3.05, 3.63) is 23.9 Å². The average Bonchev–Trinajstić information content (AvgIpc) is 2.70. The van der Waals surface area contributed by atoms with Crippen molar-refractivity contribution in [3.8, 4) is 0 Å². The second-order valence-electron chi connectivity index (χ2n) is 5.40. The number of aliphatic hydroxyl groups is 1. The maximum absolute atomic E-state index is 12.6. The highest BCUT2D eigenvalue weighted by Crippen LogP contribution is 2.36. The Balaban J connectivity index is 1.84. The number of nitrogens with zero attached hydrogens (tertiary/aromatic N) is 2. The molecular formula is C14H19N3O2. The van der Waals surface area contributed by atoms with Crippen molar-refractivity contribution in [1.82, 2.24) is 9.88 Å². The summed E-state index contributed by atoms with van der Waals surface area (Å²) in [6.07, 6.45) is 4.86. The molecule has 2 bridgehead atoms. The molecule has 2 atom stereocenters. The Hall–Kier alpha value is -1.62. The summed E-state index contributed by atoms with van der Waals surface area (Å²) >= 11 is 0. The summed E-state index contributed by atoms with van der Waals surface area (Å²) in [7, 11) is 1.79. The van der Waals surface area contributed by atoms with E-state index in [9.17, 15) is 9.90 Å². The van der Waals surface area contributed by atoms with Crippen LogP contribution in [0.2, 0.25) is 0 Å². The Morgan fingerprint density at radius 2 is 2.11 bits per heavy atom. The number of fused-ring (bicyclic) bond motifs is 2. The van der Waals surface area contributed by atoms with Gasteiger partial charge in [0.15, 0.2) is 0 Å². The van der Waals surface area contributed by atoms with E-state index in [2.05, 4.69) is 10.3 Å². The van der Waals surface area contributed by atoms with E-state index in [0.717, 1.165) is 12.8 Å². The number of pyridine rings is 1. The van der Waals surface area contributed by atoms with Gasteiger partial charge in [0.25, 0.3) is 5.91 Å². The molecule has 0 aliphatic carbocycles. The number of hydrogen-bond acceptors (Lipinski definition) is 4. The Kier molecular flexibility index (Phi) is 3.14. The molecule has 1 amide bonds. The maximum atomic E-state index is 12.6. The summed E-state index contributed by atoms with van der Waals surface area (Å²) in [5.41, 5.74) is 0.674. The predicted octanol–water partition coefficient (Wildman–Crippen LogP) is 1.25. The highest BCUT2D eigenvalue weighted by molar-refractivity contribution is 5.95. The number of piperidine rings is 1. The lowest BCUT2D eigenvalue weighted by Gasteiger charge is -2.37. The predicted molar refractivity (Wildman–Crippen MR) is 72.0 cm³/mol. The molecule has 0 saturated carbocycles. The van der Waals surface area contributed by atoms with E-state index in [4.69, 9.17) is 0 Å². The van der Waals surface area contributed by atoms with E-state index in [0.29, 0.717) is 24.2 Å². The minimum absolute atomic E-state index is 0.0679. The third kappa shape index (κ3) is 2.18. The molecule has 2 unspecified atom stereocenters. The van der Waals surface area contributed by atoms with Crippen molar-refractivity contribution in [2.75, 3.05) is 12.4 Å². The van der Waals surface area contributed by atoms with Gasteiger partial charge in [-0.05, 0) is 37.8 Å². The van der Waals surface area contributed by atoms with Gasteiger partial charge in [0.1, 0.15) is 5.82 Å². The molecule has 2 fully saturated rings. The number of amides is 1. The van der Waals surface area contributed by atoms with Gasteiger partial charge >= 0.3 is 0 Å². The third-order valence-corrected chi connectivity index (χ3v) is 4.21. The first-order chi connectivity index (χ1) is 9.19. The lowest BCUT2D eigenvalue weighted by molar-refractivity contribution is 0.0287. The van der Waals surface area contributed by atoms with Gasteiger partial charge in [-0.25, -0.2) is 4.98 Å². The zero-order chi connectivity index (χ0) is 13.4. The first-order valence-corrected chi connectivity index (χ1v) is 6.83. The summed E-state index contributed by atoms with van der Waals surface area (Å²) in [4.78, 5) is 18.7. The maximum Gasteiger partial charge on any atom is 0.254 e. The van der Waals surface area contributed by atoms with Crippen molar-refractivity contribution in [3.63, 3.8) is 0 Å². The van der Waals surface area contributed by atoms with E-state index in [1.165, 1.54) is 0 Å². The van der Waals surface area contributed by atoms with Crippen LogP contribution in [0, 0.1) is 0 Å². The number of anilines is 1. The van der Waals surface area contributed by atoms with Crippen molar-refractivity contribution < 1.29 is 9.90 Å². The number of aromatic nitrogens is 1. The molecule has 1 aromatic heterocycles. The topological polar surface area (TPSA) is 65.5 Å². The van der Waals surface area contributed by atoms with Crippen molar-refractivity contribution in [1.29, 1.82) is 0 Å². The van der Waals surface area contributed by atoms with Crippen LogP contribution in [0.3, 0.4) is 0 Å². The van der Waals surface area contributed by atoms with Crippen LogP contribution in [0.15, 0.2) is 18.3 Å². The fourth-order valence-electron chi connectivity index (χ4n) is 3.33. The van der Waals surface area contributed by atoms with Crippen molar-refractivity contribution in [2.24, 2.45) is 0 Å². The van der Waals surface area contributed by atoms with Gasteiger partial charge in [-0.15, -0.1) is 0 Å². The molecule has 19 heavy (non-hydrogen) atoms. The fourth-order valence-corrected chi connectivity index (χ4v) is 3.33. The first kappa shape index (κ1) is 12.4.